The first kappa shape index (κ1) is 19.0. The topological polar surface area (TPSA) is 42.2 Å². The molecule has 0 amide bonds. The van der Waals surface area contributed by atoms with Gasteiger partial charge in [-0.2, -0.15) is 0 Å². The minimum absolute atomic E-state index is 0.458. The molecule has 0 unspecified atom stereocenters. The molecule has 0 saturated carbocycles. The van der Waals surface area contributed by atoms with Gasteiger partial charge in [0, 0.05) is 21.7 Å². The smallest absolute Gasteiger partial charge is 0.205 e. The van der Waals surface area contributed by atoms with Crippen LogP contribution in [-0.4, -0.2) is 0 Å². The van der Waals surface area contributed by atoms with Crippen LogP contribution in [0.15, 0.2) is 114 Å². The second-order valence-corrected chi connectivity index (χ2v) is 9.04. The van der Waals surface area contributed by atoms with Gasteiger partial charge in [-0.25, -0.2) is 5.09 Å². The second kappa shape index (κ2) is 8.80. The summed E-state index contributed by atoms with van der Waals surface area (Å²) in [5.74, 6) is 6.42. The van der Waals surface area contributed by atoms with Gasteiger partial charge in [-0.05, 0) is 42.5 Å². The number of hydrogen-bond acceptors (Lipinski definition) is 2. The Morgan fingerprint density at radius 1 is 0.759 bits per heavy atom. The first-order valence-corrected chi connectivity index (χ1v) is 11.0. The summed E-state index contributed by atoms with van der Waals surface area (Å²) >= 11 is 0. The lowest BCUT2D eigenvalue weighted by Crippen LogP contribution is -2.30. The summed E-state index contributed by atoms with van der Waals surface area (Å²) in [7, 11) is -3.14. The lowest BCUT2D eigenvalue weighted by molar-refractivity contribution is 0.558. The van der Waals surface area contributed by atoms with Crippen molar-refractivity contribution in [1.29, 1.82) is 0 Å². The van der Waals surface area contributed by atoms with E-state index >= 15 is 0 Å². The van der Waals surface area contributed by atoms with Crippen molar-refractivity contribution < 1.29 is 8.98 Å². The van der Waals surface area contributed by atoms with Crippen LogP contribution >= 0.6 is 7.29 Å². The van der Waals surface area contributed by atoms with Gasteiger partial charge in [0.2, 0.25) is 7.29 Å². The average molecular weight is 397 g/mol. The highest BCUT2D eigenvalue weighted by Crippen LogP contribution is 2.41. The van der Waals surface area contributed by atoms with Crippen LogP contribution in [0.2, 0.25) is 0 Å². The predicted molar refractivity (Wildman–Crippen MR) is 118 cm³/mol. The number of hydrogen-bond donors (Lipinski definition) is 1. The summed E-state index contributed by atoms with van der Waals surface area (Å²) in [5, 5.41) is 4.83. The predicted octanol–water partition coefficient (Wildman–Crippen LogP) is 4.89. The van der Waals surface area contributed by atoms with E-state index in [9.17, 15) is 4.57 Å². The molecule has 0 aliphatic rings. The fraction of sp³-hybridized carbons (Fsp3) is 0.0400. The lowest BCUT2D eigenvalue weighted by atomic mass is 10.1. The summed E-state index contributed by atoms with van der Waals surface area (Å²) in [4.78, 5) is 0. The van der Waals surface area contributed by atoms with Gasteiger partial charge in [-0.3, -0.25) is 4.57 Å². The Morgan fingerprint density at radius 3 is 1.83 bits per heavy atom. The average Bonchev–Trinajstić information content (AvgIpc) is 3.33. The van der Waals surface area contributed by atoms with Crippen molar-refractivity contribution in [3.8, 4) is 11.8 Å². The minimum atomic E-state index is -3.14. The summed E-state index contributed by atoms with van der Waals surface area (Å²) in [6.07, 6.45) is 3.24. The van der Waals surface area contributed by atoms with Crippen molar-refractivity contribution in [2.24, 2.45) is 0 Å². The Hall–Kier alpha value is -3.31. The van der Waals surface area contributed by atoms with Crippen molar-refractivity contribution >= 4 is 17.9 Å². The van der Waals surface area contributed by atoms with E-state index in [1.807, 2.05) is 97.1 Å². The fourth-order valence-electron chi connectivity index (χ4n) is 3.06. The van der Waals surface area contributed by atoms with Crippen LogP contribution < -0.4 is 15.7 Å². The van der Waals surface area contributed by atoms with Gasteiger partial charge in [-0.1, -0.05) is 66.4 Å². The minimum Gasteiger partial charge on any atom is -0.472 e. The van der Waals surface area contributed by atoms with Crippen LogP contribution in [0, 0.1) is 11.8 Å². The van der Waals surface area contributed by atoms with E-state index in [1.54, 1.807) is 12.5 Å². The number of benzene rings is 3. The van der Waals surface area contributed by atoms with Crippen LogP contribution in [0.1, 0.15) is 17.2 Å². The molecule has 0 aliphatic carbocycles. The van der Waals surface area contributed by atoms with Crippen LogP contribution in [-0.2, 0) is 4.57 Å². The molecule has 4 aromatic rings. The molecule has 4 heteroatoms. The SMILES string of the molecule is O=P(N[C@@H](C#Cc1ccccc1)c1ccoc1)(c1ccccc1)c1ccccc1. The van der Waals surface area contributed by atoms with E-state index in [0.29, 0.717) is 0 Å². The number of rotatable bonds is 5. The molecule has 142 valence electrons. The largest absolute Gasteiger partial charge is 0.472 e. The summed E-state index contributed by atoms with van der Waals surface area (Å²) in [6, 6.07) is 30.1. The molecule has 1 aromatic heterocycles. The lowest BCUT2D eigenvalue weighted by Gasteiger charge is -2.24. The van der Waals surface area contributed by atoms with E-state index in [2.05, 4.69) is 16.9 Å². The molecular weight excluding hydrogens is 377 g/mol. The molecular formula is C25H20NO2P. The zero-order chi connectivity index (χ0) is 19.9. The molecule has 0 spiro atoms. The quantitative estimate of drug-likeness (QED) is 0.385. The maximum absolute atomic E-state index is 14.3. The molecule has 0 bridgehead atoms. The normalized spacial score (nSPS) is 12.0. The molecule has 3 nitrogen and oxygen atoms in total. The van der Waals surface area contributed by atoms with E-state index in [-0.39, 0.29) is 0 Å². The zero-order valence-corrected chi connectivity index (χ0v) is 16.6. The zero-order valence-electron chi connectivity index (χ0n) is 15.7. The third-order valence-corrected chi connectivity index (χ3v) is 7.23. The Bertz CT molecular complexity index is 1100. The second-order valence-electron chi connectivity index (χ2n) is 6.53. The fourth-order valence-corrected chi connectivity index (χ4v) is 5.42. The molecule has 0 saturated heterocycles. The van der Waals surface area contributed by atoms with Crippen LogP contribution in [0.5, 0.6) is 0 Å². The molecule has 0 fully saturated rings. The molecule has 1 heterocycles. The third kappa shape index (κ3) is 4.41. The Kier molecular flexibility index (Phi) is 5.77. The highest BCUT2D eigenvalue weighted by Gasteiger charge is 2.30. The third-order valence-electron chi connectivity index (χ3n) is 4.56. The Balaban J connectivity index is 1.78. The van der Waals surface area contributed by atoms with Gasteiger partial charge in [0.25, 0.3) is 0 Å². The van der Waals surface area contributed by atoms with Crippen LogP contribution in [0.25, 0.3) is 0 Å². The van der Waals surface area contributed by atoms with Crippen LogP contribution in [0.3, 0.4) is 0 Å². The highest BCUT2D eigenvalue weighted by atomic mass is 31.2. The highest BCUT2D eigenvalue weighted by molar-refractivity contribution is 7.76. The molecule has 0 radical (unpaired) electrons. The molecule has 3 aromatic carbocycles. The van der Waals surface area contributed by atoms with Gasteiger partial charge >= 0.3 is 0 Å². The summed E-state index contributed by atoms with van der Waals surface area (Å²) in [6.45, 7) is 0. The van der Waals surface area contributed by atoms with E-state index in [4.69, 9.17) is 4.42 Å². The Labute approximate surface area is 170 Å². The van der Waals surface area contributed by atoms with E-state index in [0.717, 1.165) is 21.7 Å². The number of furan rings is 1. The monoisotopic (exact) mass is 397 g/mol. The maximum Gasteiger partial charge on any atom is 0.205 e. The first-order valence-electron chi connectivity index (χ1n) is 9.33. The van der Waals surface area contributed by atoms with Crippen LogP contribution in [0.4, 0.5) is 0 Å². The van der Waals surface area contributed by atoms with E-state index < -0.39 is 13.3 Å². The molecule has 4 rings (SSSR count). The van der Waals surface area contributed by atoms with Gasteiger partial charge in [0.1, 0.15) is 6.04 Å². The van der Waals surface area contributed by atoms with Gasteiger partial charge in [0.05, 0.1) is 12.5 Å². The summed E-state index contributed by atoms with van der Waals surface area (Å²) < 4.78 is 19.6. The Morgan fingerprint density at radius 2 is 1.31 bits per heavy atom. The van der Waals surface area contributed by atoms with Crippen molar-refractivity contribution in [1.82, 2.24) is 5.09 Å². The maximum atomic E-state index is 14.3. The standard InChI is InChI=1S/C25H20NO2P/c27-29(23-12-6-2-7-13-23,24-14-8-3-9-15-24)26-25(22-18-19-28-20-22)17-16-21-10-4-1-5-11-21/h1-15,18-20,25H,(H,26,27)/t25-/m0/s1. The number of nitrogens with one attached hydrogen (secondary N) is 1. The van der Waals surface area contributed by atoms with Crippen molar-refractivity contribution in [3.05, 3.63) is 121 Å². The molecule has 1 N–H and O–H groups in total. The molecule has 1 atom stereocenters. The first-order chi connectivity index (χ1) is 14.3. The molecule has 0 aliphatic heterocycles. The van der Waals surface area contributed by atoms with Gasteiger partial charge < -0.3 is 4.42 Å². The van der Waals surface area contributed by atoms with E-state index in [1.165, 1.54) is 0 Å². The summed E-state index contributed by atoms with van der Waals surface area (Å²) in [5.41, 5.74) is 1.73. The van der Waals surface area contributed by atoms with Crippen molar-refractivity contribution in [2.45, 2.75) is 6.04 Å². The van der Waals surface area contributed by atoms with Crippen molar-refractivity contribution in [3.63, 3.8) is 0 Å². The van der Waals surface area contributed by atoms with Crippen molar-refractivity contribution in [2.75, 3.05) is 0 Å². The van der Waals surface area contributed by atoms with Gasteiger partial charge in [-0.15, -0.1) is 0 Å². The van der Waals surface area contributed by atoms with Gasteiger partial charge in [0.15, 0.2) is 0 Å². The molecule has 29 heavy (non-hydrogen) atoms.